The van der Waals surface area contributed by atoms with Gasteiger partial charge >= 0.3 is 0 Å². The second-order valence-corrected chi connectivity index (χ2v) is 11.0. The zero-order valence-corrected chi connectivity index (χ0v) is 17.3. The molecule has 4 bridgehead atoms. The molecule has 1 N–H and O–H groups in total. The normalized spacial score (nSPS) is 38.9. The van der Waals surface area contributed by atoms with Crippen LogP contribution in [0.5, 0.6) is 0 Å². The zero-order chi connectivity index (χ0) is 19.5. The van der Waals surface area contributed by atoms with Crippen molar-refractivity contribution >= 4 is 0 Å². The Hall–Kier alpha value is -1.64. The van der Waals surface area contributed by atoms with E-state index in [2.05, 4.69) is 79.4 Å². The number of rotatable bonds is 5. The second kappa shape index (κ2) is 6.18. The van der Waals surface area contributed by atoms with Gasteiger partial charge in [-0.2, -0.15) is 0 Å². The molecule has 2 aromatic rings. The molecule has 28 heavy (non-hydrogen) atoms. The van der Waals surface area contributed by atoms with Gasteiger partial charge in [-0.3, -0.25) is 4.90 Å². The maximum atomic E-state index is 11.6. The summed E-state index contributed by atoms with van der Waals surface area (Å²) in [6.45, 7) is 6.78. The molecule has 2 heteroatoms. The van der Waals surface area contributed by atoms with Gasteiger partial charge in [0.1, 0.15) is 0 Å². The molecular formula is C26H33NO. The first-order valence-electron chi connectivity index (χ1n) is 10.9. The summed E-state index contributed by atoms with van der Waals surface area (Å²) >= 11 is 0. The molecule has 4 aliphatic rings. The Labute approximate surface area is 169 Å². The molecule has 4 fully saturated rings. The Morgan fingerprint density at radius 1 is 0.679 bits per heavy atom. The molecule has 2 atom stereocenters. The maximum absolute atomic E-state index is 11.6. The third-order valence-corrected chi connectivity index (χ3v) is 7.64. The Morgan fingerprint density at radius 2 is 1.14 bits per heavy atom. The SMILES string of the molecule is CC12CC3(C)CC(O)(C1)CC(N(Cc1ccccc1)Cc1ccccc1)(C2)C3. The van der Waals surface area contributed by atoms with E-state index in [9.17, 15) is 5.11 Å². The fourth-order valence-corrected chi connectivity index (χ4v) is 7.90. The lowest BCUT2D eigenvalue weighted by molar-refractivity contribution is -0.234. The number of benzene rings is 2. The quantitative estimate of drug-likeness (QED) is 0.740. The molecule has 0 spiro atoms. The van der Waals surface area contributed by atoms with Crippen molar-refractivity contribution in [2.24, 2.45) is 10.8 Å². The summed E-state index contributed by atoms with van der Waals surface area (Å²) in [5.74, 6) is 0. The molecule has 0 saturated heterocycles. The molecule has 148 valence electrons. The van der Waals surface area contributed by atoms with E-state index in [-0.39, 0.29) is 16.4 Å². The van der Waals surface area contributed by atoms with E-state index in [4.69, 9.17) is 0 Å². The highest BCUT2D eigenvalue weighted by Crippen LogP contribution is 2.69. The molecule has 2 unspecified atom stereocenters. The van der Waals surface area contributed by atoms with Gasteiger partial charge in [0.2, 0.25) is 0 Å². The second-order valence-electron chi connectivity index (χ2n) is 11.0. The molecule has 0 heterocycles. The lowest BCUT2D eigenvalue weighted by Gasteiger charge is -2.70. The van der Waals surface area contributed by atoms with Crippen molar-refractivity contribution in [3.63, 3.8) is 0 Å². The lowest BCUT2D eigenvalue weighted by atomic mass is 9.41. The number of nitrogens with zero attached hydrogens (tertiary/aromatic N) is 1. The van der Waals surface area contributed by atoms with Gasteiger partial charge in [-0.25, -0.2) is 0 Å². The lowest BCUT2D eigenvalue weighted by Crippen LogP contribution is -2.70. The first-order valence-corrected chi connectivity index (χ1v) is 10.9. The standard InChI is InChI=1S/C26H33NO/c1-23-15-24(2)17-25(16-23,20-26(28,18-23)19-24)27(13-21-9-5-3-6-10-21)14-22-11-7-4-8-12-22/h3-12,28H,13-20H2,1-2H3. The van der Waals surface area contributed by atoms with E-state index in [0.717, 1.165) is 32.4 Å². The maximum Gasteiger partial charge on any atom is 0.0675 e. The smallest absolute Gasteiger partial charge is 0.0675 e. The van der Waals surface area contributed by atoms with Crippen molar-refractivity contribution in [2.75, 3.05) is 0 Å². The molecule has 2 aromatic carbocycles. The van der Waals surface area contributed by atoms with Crippen LogP contribution in [0.1, 0.15) is 63.5 Å². The van der Waals surface area contributed by atoms with Crippen molar-refractivity contribution < 1.29 is 5.11 Å². The summed E-state index contributed by atoms with van der Waals surface area (Å²) < 4.78 is 0. The minimum atomic E-state index is -0.482. The van der Waals surface area contributed by atoms with E-state index >= 15 is 0 Å². The molecule has 4 saturated carbocycles. The predicted molar refractivity (Wildman–Crippen MR) is 114 cm³/mol. The van der Waals surface area contributed by atoms with Gasteiger partial charge in [0, 0.05) is 18.6 Å². The van der Waals surface area contributed by atoms with Crippen molar-refractivity contribution in [3.05, 3.63) is 71.8 Å². The molecule has 0 aromatic heterocycles. The fourth-order valence-electron chi connectivity index (χ4n) is 7.90. The highest BCUT2D eigenvalue weighted by molar-refractivity contribution is 5.23. The summed E-state index contributed by atoms with van der Waals surface area (Å²) in [4.78, 5) is 2.72. The third-order valence-electron chi connectivity index (χ3n) is 7.64. The largest absolute Gasteiger partial charge is 0.390 e. The van der Waals surface area contributed by atoms with Crippen LogP contribution in [0.3, 0.4) is 0 Å². The summed E-state index contributed by atoms with van der Waals surface area (Å²) in [7, 11) is 0. The third kappa shape index (κ3) is 3.21. The highest BCUT2D eigenvalue weighted by Gasteiger charge is 2.66. The highest BCUT2D eigenvalue weighted by atomic mass is 16.3. The van der Waals surface area contributed by atoms with Crippen LogP contribution in [0.2, 0.25) is 0 Å². The van der Waals surface area contributed by atoms with Crippen molar-refractivity contribution in [1.29, 1.82) is 0 Å². The van der Waals surface area contributed by atoms with Crippen LogP contribution in [-0.4, -0.2) is 21.1 Å². The van der Waals surface area contributed by atoms with Gasteiger partial charge < -0.3 is 5.11 Å². The molecule has 2 nitrogen and oxygen atoms in total. The zero-order valence-electron chi connectivity index (χ0n) is 17.3. The molecule has 0 aliphatic heterocycles. The van der Waals surface area contributed by atoms with Crippen LogP contribution in [-0.2, 0) is 13.1 Å². The Balaban J connectivity index is 1.54. The fraction of sp³-hybridized carbons (Fsp3) is 0.538. The van der Waals surface area contributed by atoms with E-state index < -0.39 is 5.60 Å². The number of hydrogen-bond donors (Lipinski definition) is 1. The van der Waals surface area contributed by atoms with Gasteiger partial charge in [0.15, 0.2) is 0 Å². The minimum Gasteiger partial charge on any atom is -0.390 e. The van der Waals surface area contributed by atoms with Crippen LogP contribution in [0, 0.1) is 10.8 Å². The topological polar surface area (TPSA) is 23.5 Å². The monoisotopic (exact) mass is 375 g/mol. The predicted octanol–water partition coefficient (Wildman–Crippen LogP) is 5.55. The van der Waals surface area contributed by atoms with Gasteiger partial charge in [0.25, 0.3) is 0 Å². The van der Waals surface area contributed by atoms with E-state index in [0.29, 0.717) is 0 Å². The Morgan fingerprint density at radius 3 is 1.57 bits per heavy atom. The van der Waals surface area contributed by atoms with Crippen LogP contribution in [0.15, 0.2) is 60.7 Å². The van der Waals surface area contributed by atoms with Crippen LogP contribution >= 0.6 is 0 Å². The van der Waals surface area contributed by atoms with Crippen molar-refractivity contribution in [3.8, 4) is 0 Å². The first-order chi connectivity index (χ1) is 13.3. The van der Waals surface area contributed by atoms with E-state index in [1.54, 1.807) is 0 Å². The molecule has 4 aliphatic carbocycles. The molecule has 0 amide bonds. The summed E-state index contributed by atoms with van der Waals surface area (Å²) in [6.07, 6.45) is 6.62. The van der Waals surface area contributed by atoms with Gasteiger partial charge in [-0.1, -0.05) is 74.5 Å². The van der Waals surface area contributed by atoms with Gasteiger partial charge in [0.05, 0.1) is 5.60 Å². The molecule has 0 radical (unpaired) electrons. The number of hydrogen-bond acceptors (Lipinski definition) is 2. The van der Waals surface area contributed by atoms with E-state index in [1.807, 2.05) is 0 Å². The first kappa shape index (κ1) is 18.4. The Bertz CT molecular complexity index is 750. The molecule has 6 rings (SSSR count). The average molecular weight is 376 g/mol. The Kier molecular flexibility index (Phi) is 4.06. The van der Waals surface area contributed by atoms with Gasteiger partial charge in [-0.05, 0) is 60.5 Å². The number of aliphatic hydroxyl groups is 1. The van der Waals surface area contributed by atoms with Crippen molar-refractivity contribution in [1.82, 2.24) is 4.90 Å². The molecular weight excluding hydrogens is 342 g/mol. The van der Waals surface area contributed by atoms with Crippen LogP contribution in [0.25, 0.3) is 0 Å². The minimum absolute atomic E-state index is 0.0959. The van der Waals surface area contributed by atoms with Crippen molar-refractivity contribution in [2.45, 2.75) is 76.6 Å². The van der Waals surface area contributed by atoms with Crippen LogP contribution in [0.4, 0.5) is 0 Å². The summed E-state index contributed by atoms with van der Waals surface area (Å²) in [5.41, 5.74) is 2.89. The summed E-state index contributed by atoms with van der Waals surface area (Å²) in [5, 5.41) is 11.6. The average Bonchev–Trinajstić information content (AvgIpc) is 2.59. The van der Waals surface area contributed by atoms with E-state index in [1.165, 1.54) is 30.4 Å². The summed E-state index contributed by atoms with van der Waals surface area (Å²) in [6, 6.07) is 21.8. The van der Waals surface area contributed by atoms with Gasteiger partial charge in [-0.15, -0.1) is 0 Å². The van der Waals surface area contributed by atoms with Crippen LogP contribution < -0.4 is 0 Å².